The highest BCUT2D eigenvalue weighted by Crippen LogP contribution is 2.20. The predicted octanol–water partition coefficient (Wildman–Crippen LogP) is 2.12. The van der Waals surface area contributed by atoms with E-state index < -0.39 is 0 Å². The summed E-state index contributed by atoms with van der Waals surface area (Å²) in [6.45, 7) is 3.51. The molecule has 1 amide bonds. The van der Waals surface area contributed by atoms with Gasteiger partial charge >= 0.3 is 6.09 Å². The summed E-state index contributed by atoms with van der Waals surface area (Å²) in [6, 6.07) is 6.38. The first-order valence-corrected chi connectivity index (χ1v) is 5.12. The zero-order chi connectivity index (χ0) is 10.8. The number of ether oxygens (including phenoxy) is 1. The van der Waals surface area contributed by atoms with Crippen molar-refractivity contribution in [1.29, 1.82) is 0 Å². The zero-order valence-corrected chi connectivity index (χ0v) is 9.12. The van der Waals surface area contributed by atoms with Crippen molar-refractivity contribution < 1.29 is 9.53 Å². The van der Waals surface area contributed by atoms with Crippen molar-refractivity contribution in [2.45, 2.75) is 19.9 Å². The van der Waals surface area contributed by atoms with Crippen molar-refractivity contribution in [3.8, 4) is 0 Å². The topological polar surface area (TPSA) is 29.5 Å². The van der Waals surface area contributed by atoms with Crippen LogP contribution in [-0.2, 0) is 17.7 Å². The standard InChI is InChI=1S/C12H15NO2/c1-9-3-4-11-8-13(12(14)15-2)6-5-10(11)7-9/h3-4,7H,5-6,8H2,1-2H3. The van der Waals surface area contributed by atoms with E-state index in [1.165, 1.54) is 23.8 Å². The molecule has 0 saturated carbocycles. The lowest BCUT2D eigenvalue weighted by Gasteiger charge is -2.27. The van der Waals surface area contributed by atoms with Gasteiger partial charge in [-0.05, 0) is 24.5 Å². The first-order chi connectivity index (χ1) is 7.20. The van der Waals surface area contributed by atoms with Crippen molar-refractivity contribution in [2.75, 3.05) is 13.7 Å². The second kappa shape index (κ2) is 3.93. The molecule has 15 heavy (non-hydrogen) atoms. The molecule has 0 saturated heterocycles. The van der Waals surface area contributed by atoms with Gasteiger partial charge in [-0.15, -0.1) is 0 Å². The van der Waals surface area contributed by atoms with E-state index in [-0.39, 0.29) is 6.09 Å². The number of carbonyl (C=O) groups is 1. The first kappa shape index (κ1) is 10.0. The molecule has 0 radical (unpaired) electrons. The third-order valence-corrected chi connectivity index (χ3v) is 2.81. The third kappa shape index (κ3) is 1.96. The molecule has 1 aliphatic rings. The lowest BCUT2D eigenvalue weighted by molar-refractivity contribution is 0.118. The van der Waals surface area contributed by atoms with Crippen molar-refractivity contribution in [3.63, 3.8) is 0 Å². The Labute approximate surface area is 89.7 Å². The quantitative estimate of drug-likeness (QED) is 0.649. The molecule has 1 aliphatic heterocycles. The molecule has 2 rings (SSSR count). The number of fused-ring (bicyclic) bond motifs is 1. The van der Waals surface area contributed by atoms with Gasteiger partial charge in [0.15, 0.2) is 0 Å². The third-order valence-electron chi connectivity index (χ3n) is 2.81. The van der Waals surface area contributed by atoms with Crippen LogP contribution in [0.2, 0.25) is 0 Å². The van der Waals surface area contributed by atoms with Gasteiger partial charge < -0.3 is 9.64 Å². The second-order valence-electron chi connectivity index (χ2n) is 3.91. The van der Waals surface area contributed by atoms with Crippen LogP contribution in [0.15, 0.2) is 18.2 Å². The maximum Gasteiger partial charge on any atom is 0.409 e. The minimum atomic E-state index is -0.235. The molecule has 0 spiro atoms. The van der Waals surface area contributed by atoms with E-state index >= 15 is 0 Å². The van der Waals surface area contributed by atoms with Gasteiger partial charge in [0, 0.05) is 13.1 Å². The Bertz CT molecular complexity index is 387. The summed E-state index contributed by atoms with van der Waals surface area (Å²) in [5, 5.41) is 0. The molecule has 1 aromatic rings. The first-order valence-electron chi connectivity index (χ1n) is 5.12. The molecule has 0 aliphatic carbocycles. The summed E-state index contributed by atoms with van der Waals surface area (Å²) >= 11 is 0. The number of benzene rings is 1. The molecule has 1 aromatic carbocycles. The Morgan fingerprint density at radius 1 is 1.40 bits per heavy atom. The van der Waals surface area contributed by atoms with Crippen molar-refractivity contribution in [3.05, 3.63) is 34.9 Å². The summed E-state index contributed by atoms with van der Waals surface area (Å²) in [4.78, 5) is 13.1. The van der Waals surface area contributed by atoms with Gasteiger partial charge in [-0.25, -0.2) is 4.79 Å². The normalized spacial score (nSPS) is 14.7. The lowest BCUT2D eigenvalue weighted by atomic mass is 9.98. The van der Waals surface area contributed by atoms with Gasteiger partial charge in [0.1, 0.15) is 0 Å². The second-order valence-corrected chi connectivity index (χ2v) is 3.91. The summed E-state index contributed by atoms with van der Waals surface area (Å²) < 4.78 is 4.72. The van der Waals surface area contributed by atoms with Crippen LogP contribution in [0.25, 0.3) is 0 Å². The molecule has 0 N–H and O–H groups in total. The van der Waals surface area contributed by atoms with Crippen LogP contribution in [0.5, 0.6) is 0 Å². The number of methoxy groups -OCH3 is 1. The average Bonchev–Trinajstić information content (AvgIpc) is 2.27. The van der Waals surface area contributed by atoms with Gasteiger partial charge in [-0.2, -0.15) is 0 Å². The lowest BCUT2D eigenvalue weighted by Crippen LogP contribution is -2.35. The van der Waals surface area contributed by atoms with Crippen molar-refractivity contribution in [1.82, 2.24) is 4.90 Å². The monoisotopic (exact) mass is 205 g/mol. The molecule has 3 heteroatoms. The van der Waals surface area contributed by atoms with Crippen molar-refractivity contribution in [2.24, 2.45) is 0 Å². The van der Waals surface area contributed by atoms with E-state index in [1.807, 2.05) is 0 Å². The number of hydrogen-bond donors (Lipinski definition) is 0. The van der Waals surface area contributed by atoms with Gasteiger partial charge in [-0.1, -0.05) is 23.8 Å². The van der Waals surface area contributed by atoms with Gasteiger partial charge in [0.05, 0.1) is 7.11 Å². The Kier molecular flexibility index (Phi) is 2.62. The minimum absolute atomic E-state index is 0.235. The Hall–Kier alpha value is -1.51. The largest absolute Gasteiger partial charge is 0.453 e. The average molecular weight is 205 g/mol. The number of carbonyl (C=O) groups excluding carboxylic acids is 1. The molecule has 0 aromatic heterocycles. The molecule has 0 atom stereocenters. The van der Waals surface area contributed by atoms with Gasteiger partial charge in [-0.3, -0.25) is 0 Å². The van der Waals surface area contributed by atoms with Crippen LogP contribution in [0.4, 0.5) is 4.79 Å². The van der Waals surface area contributed by atoms with Crippen LogP contribution >= 0.6 is 0 Å². The maximum absolute atomic E-state index is 11.3. The van der Waals surface area contributed by atoms with Gasteiger partial charge in [0.2, 0.25) is 0 Å². The Morgan fingerprint density at radius 3 is 2.93 bits per heavy atom. The fourth-order valence-electron chi connectivity index (χ4n) is 1.97. The van der Waals surface area contributed by atoms with E-state index in [1.54, 1.807) is 4.90 Å². The number of rotatable bonds is 0. The smallest absolute Gasteiger partial charge is 0.409 e. The van der Waals surface area contributed by atoms with Crippen LogP contribution in [0.1, 0.15) is 16.7 Å². The van der Waals surface area contributed by atoms with E-state index in [4.69, 9.17) is 4.74 Å². The maximum atomic E-state index is 11.3. The number of amides is 1. The van der Waals surface area contributed by atoms with Crippen LogP contribution in [0, 0.1) is 6.92 Å². The Morgan fingerprint density at radius 2 is 2.20 bits per heavy atom. The van der Waals surface area contributed by atoms with Crippen LogP contribution < -0.4 is 0 Å². The molecular weight excluding hydrogens is 190 g/mol. The molecule has 0 unspecified atom stereocenters. The predicted molar refractivity (Wildman–Crippen MR) is 57.7 cm³/mol. The Balaban J connectivity index is 2.20. The zero-order valence-electron chi connectivity index (χ0n) is 9.12. The summed E-state index contributed by atoms with van der Waals surface area (Å²) in [5.41, 5.74) is 3.87. The minimum Gasteiger partial charge on any atom is -0.453 e. The fraction of sp³-hybridized carbons (Fsp3) is 0.417. The van der Waals surface area contributed by atoms with E-state index in [0.717, 1.165) is 13.0 Å². The highest BCUT2D eigenvalue weighted by Gasteiger charge is 2.20. The van der Waals surface area contributed by atoms with Crippen LogP contribution in [-0.4, -0.2) is 24.6 Å². The number of hydrogen-bond acceptors (Lipinski definition) is 2. The number of nitrogens with zero attached hydrogens (tertiary/aromatic N) is 1. The SMILES string of the molecule is COC(=O)N1CCc2cc(C)ccc2C1. The highest BCUT2D eigenvalue weighted by molar-refractivity contribution is 5.68. The fourth-order valence-corrected chi connectivity index (χ4v) is 1.97. The van der Waals surface area contributed by atoms with E-state index in [2.05, 4.69) is 25.1 Å². The molecule has 80 valence electrons. The summed E-state index contributed by atoms with van der Waals surface area (Å²) in [7, 11) is 1.42. The molecule has 0 fully saturated rings. The summed E-state index contributed by atoms with van der Waals surface area (Å²) in [6.07, 6.45) is 0.688. The van der Waals surface area contributed by atoms with E-state index in [0.29, 0.717) is 6.54 Å². The number of aryl methyl sites for hydroxylation is 1. The van der Waals surface area contributed by atoms with Crippen molar-refractivity contribution >= 4 is 6.09 Å². The molecule has 3 nitrogen and oxygen atoms in total. The molecule has 0 bridgehead atoms. The molecule has 1 heterocycles. The molecular formula is C12H15NO2. The van der Waals surface area contributed by atoms with Gasteiger partial charge in [0.25, 0.3) is 0 Å². The van der Waals surface area contributed by atoms with Crippen LogP contribution in [0.3, 0.4) is 0 Å². The summed E-state index contributed by atoms with van der Waals surface area (Å²) in [5.74, 6) is 0. The van der Waals surface area contributed by atoms with E-state index in [9.17, 15) is 4.79 Å². The highest BCUT2D eigenvalue weighted by atomic mass is 16.5.